The Bertz CT molecular complexity index is 925. The van der Waals surface area contributed by atoms with Crippen LogP contribution in [0.15, 0.2) is 36.5 Å². The first-order chi connectivity index (χ1) is 13.6. The molecule has 1 aliphatic rings. The van der Waals surface area contributed by atoms with Crippen LogP contribution >= 0.6 is 0 Å². The van der Waals surface area contributed by atoms with Gasteiger partial charge in [0, 0.05) is 26.7 Å². The number of rotatable bonds is 6. The monoisotopic (exact) mass is 380 g/mol. The molecule has 1 aliphatic heterocycles. The number of aryl methyl sites for hydroxylation is 1. The van der Waals surface area contributed by atoms with Crippen molar-refractivity contribution < 1.29 is 4.74 Å². The highest BCUT2D eigenvalue weighted by Gasteiger charge is 2.29. The molecule has 4 rings (SSSR count). The second-order valence-electron chi connectivity index (χ2n) is 7.68. The lowest BCUT2D eigenvalue weighted by molar-refractivity contribution is 0.178. The summed E-state index contributed by atoms with van der Waals surface area (Å²) in [6, 6.07) is 11.1. The van der Waals surface area contributed by atoms with Crippen LogP contribution < -0.4 is 5.32 Å². The maximum atomic E-state index is 5.26. The number of methoxy groups -OCH3 is 1. The summed E-state index contributed by atoms with van der Waals surface area (Å²) in [5.41, 5.74) is 2.21. The van der Waals surface area contributed by atoms with E-state index < -0.39 is 0 Å². The minimum absolute atomic E-state index is 0.352. The molecule has 7 heteroatoms. The lowest BCUT2D eigenvalue weighted by Crippen LogP contribution is -2.45. The van der Waals surface area contributed by atoms with Gasteiger partial charge in [0.1, 0.15) is 12.4 Å². The van der Waals surface area contributed by atoms with Gasteiger partial charge < -0.3 is 15.0 Å². The minimum atomic E-state index is 0.352. The molecule has 0 bridgehead atoms. The van der Waals surface area contributed by atoms with Crippen LogP contribution in [-0.2, 0) is 24.8 Å². The van der Waals surface area contributed by atoms with Crippen LogP contribution in [0.5, 0.6) is 0 Å². The highest BCUT2D eigenvalue weighted by atomic mass is 16.5. The third kappa shape index (κ3) is 4.00. The highest BCUT2D eigenvalue weighted by Crippen LogP contribution is 2.27. The number of aromatic nitrogens is 4. The van der Waals surface area contributed by atoms with Gasteiger partial charge in [-0.1, -0.05) is 30.3 Å². The number of hydrogen-bond donors (Lipinski definition) is 1. The molecule has 7 nitrogen and oxygen atoms in total. The Hall–Kier alpha value is -2.51. The lowest BCUT2D eigenvalue weighted by Gasteiger charge is -2.37. The molecule has 3 heterocycles. The van der Waals surface area contributed by atoms with Crippen LogP contribution in [0.25, 0.3) is 11.0 Å². The number of nitrogens with zero attached hydrogens (tertiary/aromatic N) is 5. The van der Waals surface area contributed by atoms with E-state index in [4.69, 9.17) is 9.72 Å². The number of piperidine rings is 1. The first-order valence-corrected chi connectivity index (χ1v) is 9.80. The standard InChI is InChI=1S/C21H28N6O/c1-26-10-9-18(16(13-26)11-15-7-5-4-6-8-15)23-20-17-12-22-27(2)21(17)25-19(24-20)14-28-3/h4-8,12,16,18H,9-11,13-14H2,1-3H3,(H,23,24,25)/t16-,18+/m0/s1. The van der Waals surface area contributed by atoms with Crippen LogP contribution in [0, 0.1) is 5.92 Å². The largest absolute Gasteiger partial charge is 0.377 e. The van der Waals surface area contributed by atoms with Gasteiger partial charge in [-0.3, -0.25) is 4.68 Å². The van der Waals surface area contributed by atoms with E-state index in [1.807, 2.05) is 13.2 Å². The third-order valence-electron chi connectivity index (χ3n) is 5.51. The summed E-state index contributed by atoms with van der Waals surface area (Å²) in [5.74, 6) is 2.04. The summed E-state index contributed by atoms with van der Waals surface area (Å²) >= 11 is 0. The molecule has 28 heavy (non-hydrogen) atoms. The smallest absolute Gasteiger partial charge is 0.163 e. The average Bonchev–Trinajstić information content (AvgIpc) is 3.06. The lowest BCUT2D eigenvalue weighted by atomic mass is 9.87. The fraction of sp³-hybridized carbons (Fsp3) is 0.476. The maximum absolute atomic E-state index is 5.26. The number of anilines is 1. The first kappa shape index (κ1) is 18.8. The van der Waals surface area contributed by atoms with Crippen LogP contribution in [0.2, 0.25) is 0 Å². The molecule has 1 saturated heterocycles. The molecule has 2 aromatic heterocycles. The summed E-state index contributed by atoms with van der Waals surface area (Å²) in [4.78, 5) is 11.8. The highest BCUT2D eigenvalue weighted by molar-refractivity contribution is 5.86. The molecule has 0 unspecified atom stereocenters. The number of likely N-dealkylation sites (tertiary alicyclic amines) is 1. The van der Waals surface area contributed by atoms with Gasteiger partial charge in [-0.15, -0.1) is 0 Å². The molecule has 3 aromatic rings. The quantitative estimate of drug-likeness (QED) is 0.709. The Morgan fingerprint density at radius 2 is 2.00 bits per heavy atom. The van der Waals surface area contributed by atoms with Crippen molar-refractivity contribution >= 4 is 16.9 Å². The van der Waals surface area contributed by atoms with Crippen molar-refractivity contribution in [3.8, 4) is 0 Å². The molecular weight excluding hydrogens is 352 g/mol. The summed E-state index contributed by atoms with van der Waals surface area (Å²) in [7, 11) is 5.77. The Morgan fingerprint density at radius 3 is 2.79 bits per heavy atom. The van der Waals surface area contributed by atoms with E-state index in [1.165, 1.54) is 5.56 Å². The maximum Gasteiger partial charge on any atom is 0.163 e. The Kier molecular flexibility index (Phi) is 5.54. The van der Waals surface area contributed by atoms with Gasteiger partial charge in [0.2, 0.25) is 0 Å². The minimum Gasteiger partial charge on any atom is -0.377 e. The molecular formula is C21H28N6O. The molecule has 1 N–H and O–H groups in total. The van der Waals surface area contributed by atoms with Crippen LogP contribution in [0.3, 0.4) is 0 Å². The third-order valence-corrected chi connectivity index (χ3v) is 5.51. The van der Waals surface area contributed by atoms with Crippen LogP contribution in [0.4, 0.5) is 5.82 Å². The van der Waals surface area contributed by atoms with Gasteiger partial charge in [0.25, 0.3) is 0 Å². The van der Waals surface area contributed by atoms with Gasteiger partial charge in [0.05, 0.1) is 11.6 Å². The van der Waals surface area contributed by atoms with Crippen molar-refractivity contribution in [2.45, 2.75) is 25.5 Å². The second kappa shape index (κ2) is 8.24. The first-order valence-electron chi connectivity index (χ1n) is 9.80. The summed E-state index contributed by atoms with van der Waals surface area (Å²) < 4.78 is 7.05. The van der Waals surface area contributed by atoms with Crippen molar-refractivity contribution in [1.29, 1.82) is 0 Å². The number of fused-ring (bicyclic) bond motifs is 1. The van der Waals surface area contributed by atoms with E-state index in [-0.39, 0.29) is 0 Å². The Balaban J connectivity index is 1.62. The molecule has 1 fully saturated rings. The molecule has 0 radical (unpaired) electrons. The van der Waals surface area contributed by atoms with Gasteiger partial charge in [-0.2, -0.15) is 5.10 Å². The zero-order valence-corrected chi connectivity index (χ0v) is 16.8. The molecule has 0 aliphatic carbocycles. The van der Waals surface area contributed by atoms with Crippen molar-refractivity contribution in [1.82, 2.24) is 24.6 Å². The van der Waals surface area contributed by atoms with Crippen molar-refractivity contribution in [3.63, 3.8) is 0 Å². The fourth-order valence-corrected chi connectivity index (χ4v) is 4.07. The normalized spacial score (nSPS) is 20.5. The number of ether oxygens (including phenoxy) is 1. The molecule has 2 atom stereocenters. The second-order valence-corrected chi connectivity index (χ2v) is 7.68. The molecule has 0 amide bonds. The zero-order chi connectivity index (χ0) is 19.5. The van der Waals surface area contributed by atoms with Crippen molar-refractivity contribution in [2.75, 3.05) is 32.6 Å². The number of nitrogens with one attached hydrogen (secondary N) is 1. The van der Waals surface area contributed by atoms with Crippen molar-refractivity contribution in [2.24, 2.45) is 13.0 Å². The zero-order valence-electron chi connectivity index (χ0n) is 16.8. The van der Waals surface area contributed by atoms with E-state index in [2.05, 4.69) is 57.7 Å². The fourth-order valence-electron chi connectivity index (χ4n) is 4.07. The predicted molar refractivity (Wildman–Crippen MR) is 110 cm³/mol. The van der Waals surface area contributed by atoms with Gasteiger partial charge in [-0.25, -0.2) is 9.97 Å². The number of hydrogen-bond acceptors (Lipinski definition) is 6. The molecule has 1 aromatic carbocycles. The Morgan fingerprint density at radius 1 is 1.18 bits per heavy atom. The molecule has 0 spiro atoms. The van der Waals surface area contributed by atoms with E-state index in [9.17, 15) is 0 Å². The van der Waals surface area contributed by atoms with Gasteiger partial charge in [-0.05, 0) is 37.9 Å². The summed E-state index contributed by atoms with van der Waals surface area (Å²) in [6.07, 6.45) is 3.98. The van der Waals surface area contributed by atoms with Crippen LogP contribution in [-0.4, -0.2) is 57.9 Å². The Labute approximate surface area is 165 Å². The molecule has 148 valence electrons. The van der Waals surface area contributed by atoms with Gasteiger partial charge in [0.15, 0.2) is 11.5 Å². The van der Waals surface area contributed by atoms with E-state index in [0.717, 1.165) is 42.8 Å². The topological polar surface area (TPSA) is 68.1 Å². The summed E-state index contributed by atoms with van der Waals surface area (Å²) in [6.45, 7) is 2.53. The van der Waals surface area contributed by atoms with E-state index in [0.29, 0.717) is 24.4 Å². The molecule has 0 saturated carbocycles. The summed E-state index contributed by atoms with van der Waals surface area (Å²) in [5, 5.41) is 9.07. The van der Waals surface area contributed by atoms with Crippen molar-refractivity contribution in [3.05, 3.63) is 47.9 Å². The number of benzene rings is 1. The van der Waals surface area contributed by atoms with Gasteiger partial charge >= 0.3 is 0 Å². The van der Waals surface area contributed by atoms with E-state index in [1.54, 1.807) is 11.8 Å². The SMILES string of the molecule is COCc1nc(N[C@@H]2CCN(C)C[C@@H]2Cc2ccccc2)c2cnn(C)c2n1. The van der Waals surface area contributed by atoms with Crippen LogP contribution in [0.1, 0.15) is 17.8 Å². The van der Waals surface area contributed by atoms with E-state index >= 15 is 0 Å². The average molecular weight is 380 g/mol. The predicted octanol–water partition coefficient (Wildman–Crippen LogP) is 2.48.